The van der Waals surface area contributed by atoms with Crippen molar-refractivity contribution in [2.24, 2.45) is 5.92 Å². The van der Waals surface area contributed by atoms with Gasteiger partial charge in [-0.1, -0.05) is 50.2 Å². The number of hydrazine groups is 1. The van der Waals surface area contributed by atoms with E-state index in [0.717, 1.165) is 29.1 Å². The second-order valence-corrected chi connectivity index (χ2v) is 9.94. The first-order valence-electron chi connectivity index (χ1n) is 12.9. The molecule has 8 heteroatoms. The van der Waals surface area contributed by atoms with Gasteiger partial charge >= 0.3 is 6.03 Å². The number of imidazole rings is 1. The number of amides is 3. The van der Waals surface area contributed by atoms with Gasteiger partial charge < -0.3 is 14.6 Å². The number of carbonyl (C=O) groups excluding carboxylic acids is 2. The largest absolute Gasteiger partial charge is 0.497 e. The van der Waals surface area contributed by atoms with Crippen LogP contribution in [0.25, 0.3) is 0 Å². The minimum absolute atomic E-state index is 0.149. The van der Waals surface area contributed by atoms with Crippen molar-refractivity contribution in [1.82, 2.24) is 24.9 Å². The summed E-state index contributed by atoms with van der Waals surface area (Å²) < 4.78 is 5.27. The van der Waals surface area contributed by atoms with Gasteiger partial charge in [-0.3, -0.25) is 4.79 Å². The molecule has 1 aliphatic heterocycles. The minimum Gasteiger partial charge on any atom is -0.497 e. The fourth-order valence-electron chi connectivity index (χ4n) is 4.84. The Morgan fingerprint density at radius 2 is 1.81 bits per heavy atom. The number of aromatic amines is 1. The third kappa shape index (κ3) is 6.50. The van der Waals surface area contributed by atoms with Crippen molar-refractivity contribution in [2.75, 3.05) is 26.7 Å². The maximum Gasteiger partial charge on any atom is 0.339 e. The molecule has 1 fully saturated rings. The summed E-state index contributed by atoms with van der Waals surface area (Å²) in [7, 11) is 1.65. The van der Waals surface area contributed by atoms with Crippen molar-refractivity contribution in [1.29, 1.82) is 0 Å². The van der Waals surface area contributed by atoms with E-state index in [1.54, 1.807) is 29.5 Å². The normalized spacial score (nSPS) is 15.5. The zero-order valence-electron chi connectivity index (χ0n) is 22.2. The van der Waals surface area contributed by atoms with E-state index in [1.807, 2.05) is 29.2 Å². The SMILES string of the molecule is COc1ccc(CCN2C(=O)N(N(CCc3ncc[nH]3)C(C)=O)CC2c2ccc(CC(C)C)cc2)cc1. The van der Waals surface area contributed by atoms with Crippen LogP contribution in [0, 0.1) is 5.92 Å². The van der Waals surface area contributed by atoms with Crippen LogP contribution in [0.4, 0.5) is 4.79 Å². The second-order valence-electron chi connectivity index (χ2n) is 9.94. The van der Waals surface area contributed by atoms with Crippen LogP contribution in [0.15, 0.2) is 60.9 Å². The molecule has 0 radical (unpaired) electrons. The predicted octanol–water partition coefficient (Wildman–Crippen LogP) is 4.64. The third-order valence-electron chi connectivity index (χ3n) is 6.77. The van der Waals surface area contributed by atoms with Crippen LogP contribution >= 0.6 is 0 Å². The molecule has 3 aromatic rings. The first-order valence-corrected chi connectivity index (χ1v) is 12.9. The van der Waals surface area contributed by atoms with Crippen LogP contribution < -0.4 is 4.74 Å². The molecule has 37 heavy (non-hydrogen) atoms. The Bertz CT molecular complexity index is 1160. The van der Waals surface area contributed by atoms with Crippen molar-refractivity contribution in [3.8, 4) is 5.75 Å². The standard InChI is InChI=1S/C29H37N5O3/c1-21(2)19-24-5-9-25(10-6-24)27-20-34(33(22(3)35)18-14-28-30-15-16-31-28)29(36)32(27)17-13-23-7-11-26(37-4)12-8-23/h5-12,15-16,21,27H,13-14,17-20H2,1-4H3,(H,30,31). The van der Waals surface area contributed by atoms with Gasteiger partial charge in [0.2, 0.25) is 5.91 Å². The van der Waals surface area contributed by atoms with E-state index in [-0.39, 0.29) is 18.0 Å². The summed E-state index contributed by atoms with van der Waals surface area (Å²) >= 11 is 0. The molecule has 8 nitrogen and oxygen atoms in total. The van der Waals surface area contributed by atoms with Gasteiger partial charge in [0, 0.05) is 38.8 Å². The highest BCUT2D eigenvalue weighted by atomic mass is 16.5. The molecule has 1 saturated heterocycles. The van der Waals surface area contributed by atoms with E-state index >= 15 is 0 Å². The number of hydrogen-bond donors (Lipinski definition) is 1. The van der Waals surface area contributed by atoms with Gasteiger partial charge in [-0.05, 0) is 47.6 Å². The Hall–Kier alpha value is -3.81. The van der Waals surface area contributed by atoms with Crippen LogP contribution in [-0.4, -0.2) is 63.6 Å². The number of aromatic nitrogens is 2. The molecule has 196 valence electrons. The van der Waals surface area contributed by atoms with Gasteiger partial charge in [0.05, 0.1) is 19.7 Å². The molecule has 4 rings (SSSR count). The molecule has 1 aromatic heterocycles. The first kappa shape index (κ1) is 26.3. The summed E-state index contributed by atoms with van der Waals surface area (Å²) in [6, 6.07) is 16.2. The van der Waals surface area contributed by atoms with E-state index in [0.29, 0.717) is 38.4 Å². The summed E-state index contributed by atoms with van der Waals surface area (Å²) in [5.74, 6) is 2.00. The van der Waals surface area contributed by atoms with Crippen molar-refractivity contribution in [2.45, 2.75) is 46.1 Å². The number of urea groups is 1. The molecule has 1 aliphatic rings. The molecule has 0 aliphatic carbocycles. The zero-order valence-corrected chi connectivity index (χ0v) is 22.2. The lowest BCUT2D eigenvalue weighted by molar-refractivity contribution is -0.140. The Morgan fingerprint density at radius 1 is 1.11 bits per heavy atom. The Labute approximate surface area is 219 Å². The van der Waals surface area contributed by atoms with Crippen LogP contribution in [0.1, 0.15) is 49.3 Å². The Kier molecular flexibility index (Phi) is 8.48. The highest BCUT2D eigenvalue weighted by Crippen LogP contribution is 2.31. The Balaban J connectivity index is 1.55. The van der Waals surface area contributed by atoms with Crippen molar-refractivity contribution in [3.05, 3.63) is 83.4 Å². The average Bonchev–Trinajstić information content (AvgIpc) is 3.51. The number of ether oxygens (including phenoxy) is 1. The van der Waals surface area contributed by atoms with Gasteiger partial charge in [-0.15, -0.1) is 0 Å². The molecule has 2 aromatic carbocycles. The lowest BCUT2D eigenvalue weighted by Gasteiger charge is -2.30. The number of nitrogens with zero attached hydrogens (tertiary/aromatic N) is 4. The molecule has 3 amide bonds. The Morgan fingerprint density at radius 3 is 2.41 bits per heavy atom. The summed E-state index contributed by atoms with van der Waals surface area (Å²) in [6.45, 7) is 7.27. The fraction of sp³-hybridized carbons (Fsp3) is 0.414. The summed E-state index contributed by atoms with van der Waals surface area (Å²) in [5.41, 5.74) is 3.49. The first-order chi connectivity index (χ1) is 17.9. The monoisotopic (exact) mass is 503 g/mol. The van der Waals surface area contributed by atoms with Crippen LogP contribution in [0.3, 0.4) is 0 Å². The average molecular weight is 504 g/mol. The molecular weight excluding hydrogens is 466 g/mol. The number of carbonyl (C=O) groups is 2. The number of hydrogen-bond acceptors (Lipinski definition) is 4. The van der Waals surface area contributed by atoms with E-state index < -0.39 is 0 Å². The highest BCUT2D eigenvalue weighted by Gasteiger charge is 2.41. The third-order valence-corrected chi connectivity index (χ3v) is 6.77. The number of rotatable bonds is 11. The summed E-state index contributed by atoms with van der Waals surface area (Å²) in [5, 5.41) is 3.16. The molecule has 1 N–H and O–H groups in total. The highest BCUT2D eigenvalue weighted by molar-refractivity contribution is 5.82. The van der Waals surface area contributed by atoms with Crippen molar-refractivity contribution in [3.63, 3.8) is 0 Å². The van der Waals surface area contributed by atoms with Gasteiger partial charge in [0.25, 0.3) is 0 Å². The van der Waals surface area contributed by atoms with Crippen LogP contribution in [-0.2, 0) is 24.1 Å². The molecule has 1 atom stereocenters. The molecular formula is C29H37N5O3. The van der Waals surface area contributed by atoms with Crippen LogP contribution in [0.5, 0.6) is 5.75 Å². The lowest BCUT2D eigenvalue weighted by Crippen LogP contribution is -2.48. The van der Waals surface area contributed by atoms with Gasteiger partial charge in [-0.2, -0.15) is 0 Å². The zero-order chi connectivity index (χ0) is 26.4. The predicted molar refractivity (Wildman–Crippen MR) is 143 cm³/mol. The van der Waals surface area contributed by atoms with Gasteiger partial charge in [-0.25, -0.2) is 19.8 Å². The fourth-order valence-corrected chi connectivity index (χ4v) is 4.84. The molecule has 1 unspecified atom stereocenters. The quantitative estimate of drug-likeness (QED) is 0.413. The number of nitrogens with one attached hydrogen (secondary N) is 1. The van der Waals surface area contributed by atoms with Crippen LogP contribution in [0.2, 0.25) is 0 Å². The van der Waals surface area contributed by atoms with E-state index in [9.17, 15) is 9.59 Å². The maximum absolute atomic E-state index is 13.7. The molecule has 0 bridgehead atoms. The number of benzene rings is 2. The van der Waals surface area contributed by atoms with Crippen molar-refractivity contribution >= 4 is 11.9 Å². The summed E-state index contributed by atoms with van der Waals surface area (Å²) in [6.07, 6.45) is 5.71. The number of methoxy groups -OCH3 is 1. The second kappa shape index (κ2) is 12.0. The smallest absolute Gasteiger partial charge is 0.339 e. The van der Waals surface area contributed by atoms with Crippen molar-refractivity contribution < 1.29 is 14.3 Å². The number of H-pyrrole nitrogens is 1. The molecule has 0 saturated carbocycles. The minimum atomic E-state index is -0.164. The van der Waals surface area contributed by atoms with Gasteiger partial charge in [0.1, 0.15) is 11.6 Å². The summed E-state index contributed by atoms with van der Waals surface area (Å²) in [4.78, 5) is 35.6. The topological polar surface area (TPSA) is 81.8 Å². The lowest BCUT2D eigenvalue weighted by atomic mass is 9.99. The van der Waals surface area contributed by atoms with E-state index in [4.69, 9.17) is 4.74 Å². The maximum atomic E-state index is 13.7. The molecule has 2 heterocycles. The van der Waals surface area contributed by atoms with E-state index in [2.05, 4.69) is 48.1 Å². The van der Waals surface area contributed by atoms with E-state index in [1.165, 1.54) is 12.5 Å². The molecule has 0 spiro atoms. The van der Waals surface area contributed by atoms with Gasteiger partial charge in [0.15, 0.2) is 0 Å².